The Kier molecular flexibility index (Phi) is 5.18. The number of nitrogens with zero attached hydrogens (tertiary/aromatic N) is 2. The smallest absolute Gasteiger partial charge is 0.238 e. The molecule has 4 rings (SSSR count). The van der Waals surface area contributed by atoms with E-state index in [1.807, 2.05) is 18.2 Å². The molecule has 0 radical (unpaired) electrons. The molecular weight excluding hydrogens is 361 g/mol. The van der Waals surface area contributed by atoms with Crippen LogP contribution in [0.3, 0.4) is 0 Å². The minimum absolute atomic E-state index is 0.119. The second-order valence-electron chi connectivity index (χ2n) is 7.01. The quantitative estimate of drug-likeness (QED) is 0.696. The molecule has 4 nitrogen and oxygen atoms in total. The third-order valence-corrected chi connectivity index (χ3v) is 6.15. The lowest BCUT2D eigenvalue weighted by atomic mass is 10.0. The summed E-state index contributed by atoms with van der Waals surface area (Å²) in [5.74, 6) is -0.426. The number of amides is 1. The summed E-state index contributed by atoms with van der Waals surface area (Å²) in [5, 5.41) is 3.89. The maximum absolute atomic E-state index is 13.7. The van der Waals surface area contributed by atoms with Gasteiger partial charge in [0.25, 0.3) is 0 Å². The Morgan fingerprint density at radius 1 is 1.30 bits per heavy atom. The molecule has 1 atom stereocenters. The number of aromatic nitrogens is 1. The van der Waals surface area contributed by atoms with Crippen LogP contribution in [0, 0.1) is 12.7 Å². The number of hydrogen-bond donors (Lipinski definition) is 1. The zero-order valence-electron chi connectivity index (χ0n) is 15.2. The molecule has 140 valence electrons. The second kappa shape index (κ2) is 7.74. The minimum atomic E-state index is -0.307. The van der Waals surface area contributed by atoms with Gasteiger partial charge in [0.1, 0.15) is 10.8 Å². The molecule has 0 saturated carbocycles. The molecule has 1 aliphatic rings. The third-order valence-electron chi connectivity index (χ3n) is 5.01. The van der Waals surface area contributed by atoms with E-state index in [0.29, 0.717) is 11.3 Å². The summed E-state index contributed by atoms with van der Waals surface area (Å²) < 4.78 is 14.9. The summed E-state index contributed by atoms with van der Waals surface area (Å²) in [4.78, 5) is 19.5. The number of carbonyl (C=O) groups excluding carboxylic acids is 1. The van der Waals surface area contributed by atoms with Crippen LogP contribution in [0.4, 0.5) is 10.1 Å². The van der Waals surface area contributed by atoms with Crippen molar-refractivity contribution in [3.05, 3.63) is 58.9 Å². The number of para-hydroxylation sites is 1. The summed E-state index contributed by atoms with van der Waals surface area (Å²) in [6.45, 7) is 2.86. The number of likely N-dealkylation sites (tertiary alicyclic amines) is 1. The van der Waals surface area contributed by atoms with Crippen molar-refractivity contribution in [2.24, 2.45) is 0 Å². The Morgan fingerprint density at radius 2 is 2.15 bits per heavy atom. The number of nitrogens with one attached hydrogen (secondary N) is 1. The lowest BCUT2D eigenvalue weighted by Gasteiger charge is -2.33. The fraction of sp³-hybridized carbons (Fsp3) is 0.333. The zero-order chi connectivity index (χ0) is 18.8. The molecule has 0 spiro atoms. The fourth-order valence-corrected chi connectivity index (χ4v) is 4.69. The average Bonchev–Trinajstić information content (AvgIpc) is 3.09. The number of carbonyl (C=O) groups is 1. The molecule has 2 heterocycles. The number of benzene rings is 2. The van der Waals surface area contributed by atoms with Crippen LogP contribution in [-0.4, -0.2) is 28.9 Å². The highest BCUT2D eigenvalue weighted by Gasteiger charge is 2.28. The number of rotatable bonds is 4. The van der Waals surface area contributed by atoms with Gasteiger partial charge in [-0.2, -0.15) is 0 Å². The number of aryl methyl sites for hydroxylation is 1. The van der Waals surface area contributed by atoms with Gasteiger partial charge < -0.3 is 5.32 Å². The molecule has 0 unspecified atom stereocenters. The minimum Gasteiger partial charge on any atom is -0.325 e. The molecule has 1 aromatic heterocycles. The van der Waals surface area contributed by atoms with E-state index in [4.69, 9.17) is 4.98 Å². The summed E-state index contributed by atoms with van der Waals surface area (Å²) >= 11 is 1.71. The summed E-state index contributed by atoms with van der Waals surface area (Å²) in [6, 6.07) is 13.1. The first-order chi connectivity index (χ1) is 13.1. The highest BCUT2D eigenvalue weighted by molar-refractivity contribution is 7.18. The highest BCUT2D eigenvalue weighted by atomic mass is 32.1. The van der Waals surface area contributed by atoms with Crippen molar-refractivity contribution >= 4 is 33.1 Å². The van der Waals surface area contributed by atoms with Crippen LogP contribution >= 0.6 is 11.3 Å². The van der Waals surface area contributed by atoms with Crippen LogP contribution in [0.25, 0.3) is 10.2 Å². The van der Waals surface area contributed by atoms with E-state index < -0.39 is 0 Å². The Bertz CT molecular complexity index is 938. The molecule has 1 aliphatic heterocycles. The van der Waals surface area contributed by atoms with Crippen LogP contribution in [-0.2, 0) is 4.79 Å². The normalized spacial score (nSPS) is 17.9. The van der Waals surface area contributed by atoms with Gasteiger partial charge in [0.05, 0.1) is 22.8 Å². The predicted octanol–water partition coefficient (Wildman–Crippen LogP) is 4.91. The van der Waals surface area contributed by atoms with Gasteiger partial charge in [-0.05, 0) is 56.1 Å². The molecule has 0 bridgehead atoms. The van der Waals surface area contributed by atoms with E-state index in [1.165, 1.54) is 10.8 Å². The molecule has 6 heteroatoms. The van der Waals surface area contributed by atoms with Gasteiger partial charge in [-0.25, -0.2) is 9.37 Å². The van der Waals surface area contributed by atoms with Crippen molar-refractivity contribution in [2.75, 3.05) is 18.4 Å². The van der Waals surface area contributed by atoms with E-state index in [2.05, 4.69) is 16.3 Å². The van der Waals surface area contributed by atoms with Crippen LogP contribution < -0.4 is 5.32 Å². The van der Waals surface area contributed by atoms with Gasteiger partial charge in [0.2, 0.25) is 5.91 Å². The zero-order valence-corrected chi connectivity index (χ0v) is 16.1. The molecular formula is C21H22FN3OS. The molecule has 1 amide bonds. The Morgan fingerprint density at radius 3 is 2.96 bits per heavy atom. The average molecular weight is 383 g/mol. The topological polar surface area (TPSA) is 45.2 Å². The number of fused-ring (bicyclic) bond motifs is 1. The summed E-state index contributed by atoms with van der Waals surface area (Å²) in [7, 11) is 0. The molecule has 27 heavy (non-hydrogen) atoms. The summed E-state index contributed by atoms with van der Waals surface area (Å²) in [6.07, 6.45) is 3.22. The first kappa shape index (κ1) is 18.1. The van der Waals surface area contributed by atoms with Crippen LogP contribution in [0.1, 0.15) is 35.9 Å². The molecule has 1 saturated heterocycles. The van der Waals surface area contributed by atoms with Crippen molar-refractivity contribution in [2.45, 2.75) is 32.2 Å². The fourth-order valence-electron chi connectivity index (χ4n) is 3.55. The van der Waals surface area contributed by atoms with Gasteiger partial charge in [0, 0.05) is 5.69 Å². The third kappa shape index (κ3) is 4.01. The summed E-state index contributed by atoms with van der Waals surface area (Å²) in [5.41, 5.74) is 2.08. The number of halogens is 1. The maximum Gasteiger partial charge on any atom is 0.238 e. The molecule has 0 aliphatic carbocycles. The van der Waals surface area contributed by atoms with Gasteiger partial charge in [-0.3, -0.25) is 9.69 Å². The maximum atomic E-state index is 13.7. The SMILES string of the molecule is Cc1ccc(NC(=O)CN2CCCC[C@H]2c2nc3ccccc3s2)cc1F. The number of piperidine rings is 1. The molecule has 3 aromatic rings. The van der Waals surface area contributed by atoms with Crippen molar-refractivity contribution < 1.29 is 9.18 Å². The van der Waals surface area contributed by atoms with Gasteiger partial charge in [-0.15, -0.1) is 11.3 Å². The van der Waals surface area contributed by atoms with Gasteiger partial charge in [-0.1, -0.05) is 24.6 Å². The van der Waals surface area contributed by atoms with Crippen LogP contribution in [0.2, 0.25) is 0 Å². The van der Waals surface area contributed by atoms with Crippen LogP contribution in [0.5, 0.6) is 0 Å². The second-order valence-corrected chi connectivity index (χ2v) is 8.08. The van der Waals surface area contributed by atoms with Crippen molar-refractivity contribution in [1.82, 2.24) is 9.88 Å². The lowest BCUT2D eigenvalue weighted by molar-refractivity contribution is -0.118. The number of thiazole rings is 1. The van der Waals surface area contributed by atoms with E-state index in [0.717, 1.165) is 36.3 Å². The van der Waals surface area contributed by atoms with Crippen molar-refractivity contribution in [1.29, 1.82) is 0 Å². The Labute approximate surface area is 162 Å². The first-order valence-electron chi connectivity index (χ1n) is 9.26. The predicted molar refractivity (Wildman–Crippen MR) is 108 cm³/mol. The monoisotopic (exact) mass is 383 g/mol. The Hall–Kier alpha value is -2.31. The van der Waals surface area contributed by atoms with E-state index in [9.17, 15) is 9.18 Å². The van der Waals surface area contributed by atoms with Crippen molar-refractivity contribution in [3.8, 4) is 0 Å². The highest BCUT2D eigenvalue weighted by Crippen LogP contribution is 2.35. The number of anilines is 1. The molecule has 2 aromatic carbocycles. The Balaban J connectivity index is 1.48. The van der Waals surface area contributed by atoms with Gasteiger partial charge in [0.15, 0.2) is 0 Å². The molecule has 1 N–H and O–H groups in total. The number of hydrogen-bond acceptors (Lipinski definition) is 4. The lowest BCUT2D eigenvalue weighted by Crippen LogP contribution is -2.39. The van der Waals surface area contributed by atoms with Crippen molar-refractivity contribution in [3.63, 3.8) is 0 Å². The first-order valence-corrected chi connectivity index (χ1v) is 10.1. The van der Waals surface area contributed by atoms with Gasteiger partial charge >= 0.3 is 0 Å². The van der Waals surface area contributed by atoms with E-state index in [-0.39, 0.29) is 24.3 Å². The van der Waals surface area contributed by atoms with E-state index in [1.54, 1.807) is 30.4 Å². The molecule has 1 fully saturated rings. The standard InChI is InChI=1S/C21H22FN3OS/c1-14-9-10-15(12-16(14)22)23-20(26)13-25-11-5-4-7-18(25)21-24-17-6-2-3-8-19(17)27-21/h2-3,6,8-10,12,18H,4-5,7,11,13H2,1H3,(H,23,26)/t18-/m0/s1. The van der Waals surface area contributed by atoms with E-state index >= 15 is 0 Å². The largest absolute Gasteiger partial charge is 0.325 e. The van der Waals surface area contributed by atoms with Crippen LogP contribution in [0.15, 0.2) is 42.5 Å².